The van der Waals surface area contributed by atoms with Gasteiger partial charge in [0.2, 0.25) is 0 Å². The van der Waals surface area contributed by atoms with E-state index in [-0.39, 0.29) is 22.5 Å². The zero-order valence-electron chi connectivity index (χ0n) is 12.6. The van der Waals surface area contributed by atoms with Crippen LogP contribution in [0.5, 0.6) is 0 Å². The summed E-state index contributed by atoms with van der Waals surface area (Å²) in [7, 11) is 0. The van der Waals surface area contributed by atoms with E-state index in [0.29, 0.717) is 10.5 Å². The van der Waals surface area contributed by atoms with Crippen LogP contribution >= 0.6 is 24.0 Å². The van der Waals surface area contributed by atoms with Crippen molar-refractivity contribution in [1.29, 1.82) is 0 Å². The molecule has 0 radical (unpaired) electrons. The number of carbonyl (C=O) groups is 2. The Labute approximate surface area is 143 Å². The second kappa shape index (κ2) is 7.23. The van der Waals surface area contributed by atoms with Crippen LogP contribution in [0.2, 0.25) is 0 Å². The van der Waals surface area contributed by atoms with Crippen LogP contribution in [0.3, 0.4) is 0 Å². The molecule has 1 aromatic carbocycles. The van der Waals surface area contributed by atoms with Crippen molar-refractivity contribution in [1.82, 2.24) is 4.90 Å². The second-order valence-corrected chi connectivity index (χ2v) is 7.24. The SMILES string of the molecule is CC(C)C[C@H](C(=O)[O-])N1C(=O)/C(=C/c2ccc(F)cc2)SC1=S. The Hall–Kier alpha value is -1.73. The van der Waals surface area contributed by atoms with Gasteiger partial charge >= 0.3 is 0 Å². The number of aliphatic carboxylic acids is 1. The number of carboxylic acid groups (broad SMARTS) is 1. The number of nitrogens with zero attached hydrogens (tertiary/aromatic N) is 1. The summed E-state index contributed by atoms with van der Waals surface area (Å²) in [5.74, 6) is -2.08. The smallest absolute Gasteiger partial charge is 0.266 e. The van der Waals surface area contributed by atoms with Gasteiger partial charge in [-0.05, 0) is 36.1 Å². The van der Waals surface area contributed by atoms with Crippen molar-refractivity contribution in [3.8, 4) is 0 Å². The number of carbonyl (C=O) groups excluding carboxylic acids is 2. The van der Waals surface area contributed by atoms with Crippen LogP contribution < -0.4 is 5.11 Å². The van der Waals surface area contributed by atoms with Crippen LogP contribution in [0, 0.1) is 11.7 Å². The Balaban J connectivity index is 2.28. The second-order valence-electron chi connectivity index (χ2n) is 5.57. The lowest BCUT2D eigenvalue weighted by Gasteiger charge is -2.28. The Kier molecular flexibility index (Phi) is 5.54. The van der Waals surface area contributed by atoms with Gasteiger partial charge in [-0.25, -0.2) is 4.39 Å². The van der Waals surface area contributed by atoms with Gasteiger partial charge in [-0.3, -0.25) is 9.69 Å². The molecule has 0 unspecified atom stereocenters. The van der Waals surface area contributed by atoms with Gasteiger partial charge in [0.1, 0.15) is 10.1 Å². The Morgan fingerprint density at radius 2 is 2.00 bits per heavy atom. The van der Waals surface area contributed by atoms with Crippen LogP contribution in [0.1, 0.15) is 25.8 Å². The van der Waals surface area contributed by atoms with E-state index in [0.717, 1.165) is 16.7 Å². The fourth-order valence-electron chi connectivity index (χ4n) is 2.21. The molecular formula is C16H15FNO3S2-. The first-order valence-corrected chi connectivity index (χ1v) is 8.25. The summed E-state index contributed by atoms with van der Waals surface area (Å²) in [5, 5.41) is 11.4. The van der Waals surface area contributed by atoms with Gasteiger partial charge in [-0.15, -0.1) is 0 Å². The van der Waals surface area contributed by atoms with Crippen LogP contribution in [-0.2, 0) is 9.59 Å². The number of halogens is 1. The van der Waals surface area contributed by atoms with E-state index >= 15 is 0 Å². The summed E-state index contributed by atoms with van der Waals surface area (Å²) in [6, 6.07) is 4.56. The number of hydrogen-bond donors (Lipinski definition) is 0. The van der Waals surface area contributed by atoms with E-state index in [1.54, 1.807) is 6.08 Å². The molecule has 122 valence electrons. The molecule has 0 bridgehead atoms. The highest BCUT2D eigenvalue weighted by atomic mass is 32.2. The number of rotatable bonds is 5. The van der Waals surface area contributed by atoms with Crippen LogP contribution in [0.15, 0.2) is 29.2 Å². The fraction of sp³-hybridized carbons (Fsp3) is 0.312. The third-order valence-corrected chi connectivity index (χ3v) is 4.60. The normalized spacial score (nSPS) is 18.1. The van der Waals surface area contributed by atoms with Crippen LogP contribution in [0.25, 0.3) is 6.08 Å². The van der Waals surface area contributed by atoms with Crippen molar-refractivity contribution in [2.75, 3.05) is 0 Å². The van der Waals surface area contributed by atoms with Crippen molar-refractivity contribution < 1.29 is 19.1 Å². The van der Waals surface area contributed by atoms with Gasteiger partial charge in [-0.1, -0.05) is 50.0 Å². The van der Waals surface area contributed by atoms with Crippen LogP contribution in [0.4, 0.5) is 4.39 Å². The average molecular weight is 352 g/mol. The molecule has 2 rings (SSSR count). The molecule has 0 aliphatic carbocycles. The Bertz CT molecular complexity index is 670. The lowest BCUT2D eigenvalue weighted by Crippen LogP contribution is -2.50. The Morgan fingerprint density at radius 3 is 2.52 bits per heavy atom. The highest BCUT2D eigenvalue weighted by Crippen LogP contribution is 2.35. The lowest BCUT2D eigenvalue weighted by atomic mass is 10.0. The molecule has 1 aromatic rings. The molecule has 7 heteroatoms. The van der Waals surface area contributed by atoms with Crippen molar-refractivity contribution in [2.45, 2.75) is 26.3 Å². The number of thioether (sulfide) groups is 1. The van der Waals surface area contributed by atoms with E-state index in [9.17, 15) is 19.1 Å². The molecule has 23 heavy (non-hydrogen) atoms. The molecule has 1 atom stereocenters. The maximum absolute atomic E-state index is 12.9. The predicted molar refractivity (Wildman–Crippen MR) is 89.7 cm³/mol. The maximum atomic E-state index is 12.9. The molecule has 1 aliphatic heterocycles. The minimum atomic E-state index is -1.32. The summed E-state index contributed by atoms with van der Waals surface area (Å²) >= 11 is 6.19. The third-order valence-electron chi connectivity index (χ3n) is 3.27. The monoisotopic (exact) mass is 352 g/mol. The van der Waals surface area contributed by atoms with Crippen LogP contribution in [-0.4, -0.2) is 27.1 Å². The summed E-state index contributed by atoms with van der Waals surface area (Å²) in [6.45, 7) is 3.73. The van der Waals surface area contributed by atoms with Crippen molar-refractivity contribution >= 4 is 46.3 Å². The minimum absolute atomic E-state index is 0.0728. The summed E-state index contributed by atoms with van der Waals surface area (Å²) < 4.78 is 13.1. The first kappa shape index (κ1) is 17.6. The molecule has 1 fully saturated rings. The number of carboxylic acids is 1. The summed E-state index contributed by atoms with van der Waals surface area (Å²) in [5.41, 5.74) is 0.640. The van der Waals surface area contributed by atoms with Gasteiger partial charge in [0.05, 0.1) is 16.9 Å². The van der Waals surface area contributed by atoms with Crippen molar-refractivity contribution in [3.63, 3.8) is 0 Å². The molecule has 0 spiro atoms. The van der Waals surface area contributed by atoms with Gasteiger partial charge in [-0.2, -0.15) is 0 Å². The van der Waals surface area contributed by atoms with Gasteiger partial charge in [0, 0.05) is 0 Å². The molecule has 4 nitrogen and oxygen atoms in total. The quantitative estimate of drug-likeness (QED) is 0.600. The summed E-state index contributed by atoms with van der Waals surface area (Å²) in [6.07, 6.45) is 1.83. The highest BCUT2D eigenvalue weighted by molar-refractivity contribution is 8.26. The largest absolute Gasteiger partial charge is 0.548 e. The average Bonchev–Trinajstić information content (AvgIpc) is 2.73. The van der Waals surface area contributed by atoms with E-state index in [1.807, 2.05) is 13.8 Å². The lowest BCUT2D eigenvalue weighted by molar-refractivity contribution is -0.310. The standard InChI is InChI=1S/C16H16FNO3S2/c1-9(2)7-12(15(20)21)18-14(19)13(23-16(18)22)8-10-3-5-11(17)6-4-10/h3-6,8-9,12H,7H2,1-2H3,(H,20,21)/p-1/b13-8-/t12-/m1/s1. The zero-order chi connectivity index (χ0) is 17.1. The van der Waals surface area contributed by atoms with Gasteiger partial charge < -0.3 is 9.90 Å². The Morgan fingerprint density at radius 1 is 1.39 bits per heavy atom. The first-order chi connectivity index (χ1) is 10.8. The number of benzene rings is 1. The molecule has 1 saturated heterocycles. The van der Waals surface area contributed by atoms with E-state index in [1.165, 1.54) is 24.3 Å². The summed E-state index contributed by atoms with van der Waals surface area (Å²) in [4.78, 5) is 25.3. The van der Waals surface area contributed by atoms with E-state index < -0.39 is 17.9 Å². The predicted octanol–water partition coefficient (Wildman–Crippen LogP) is 2.19. The number of hydrogen-bond acceptors (Lipinski definition) is 5. The first-order valence-electron chi connectivity index (χ1n) is 7.03. The molecule has 0 saturated carbocycles. The third kappa shape index (κ3) is 4.17. The van der Waals surface area contributed by atoms with Crippen molar-refractivity contribution in [2.24, 2.45) is 5.92 Å². The molecule has 0 aromatic heterocycles. The number of amides is 1. The highest BCUT2D eigenvalue weighted by Gasteiger charge is 2.37. The molecule has 1 aliphatic rings. The van der Waals surface area contributed by atoms with Crippen molar-refractivity contribution in [3.05, 3.63) is 40.6 Å². The fourth-order valence-corrected chi connectivity index (χ4v) is 3.57. The molecule has 0 N–H and O–H groups in total. The van der Waals surface area contributed by atoms with Gasteiger partial charge in [0.15, 0.2) is 0 Å². The molecule has 1 amide bonds. The van der Waals surface area contributed by atoms with E-state index in [2.05, 4.69) is 0 Å². The number of thiocarbonyl (C=S) groups is 1. The van der Waals surface area contributed by atoms with E-state index in [4.69, 9.17) is 12.2 Å². The molecule has 1 heterocycles. The molecular weight excluding hydrogens is 337 g/mol. The topological polar surface area (TPSA) is 60.4 Å². The van der Waals surface area contributed by atoms with Gasteiger partial charge in [0.25, 0.3) is 5.91 Å². The maximum Gasteiger partial charge on any atom is 0.266 e. The minimum Gasteiger partial charge on any atom is -0.548 e. The zero-order valence-corrected chi connectivity index (χ0v) is 14.2.